The minimum absolute atomic E-state index is 0.468. The molecule has 1 unspecified atom stereocenters. The fourth-order valence-electron chi connectivity index (χ4n) is 2.46. The molecule has 2 heterocycles. The largest absolute Gasteiger partial charge is 0.394 e. The predicted molar refractivity (Wildman–Crippen MR) is 68.6 cm³/mol. The molecule has 11 heteroatoms. The van der Waals surface area contributed by atoms with Crippen LogP contribution in [-0.4, -0.2) is 115 Å². The normalized spacial score (nSPS) is 51.7. The molecule has 2 fully saturated rings. The summed E-state index contributed by atoms with van der Waals surface area (Å²) in [5.74, 6) is 0. The molecule has 0 aromatic carbocycles. The summed E-state index contributed by atoms with van der Waals surface area (Å²) in [5, 5.41) is 76.1. The number of hydrogen-bond donors (Lipinski definition) is 8. The Morgan fingerprint density at radius 3 is 1.83 bits per heavy atom. The molecule has 0 aliphatic carbocycles. The molecule has 0 aromatic heterocycles. The van der Waals surface area contributed by atoms with E-state index in [1.54, 1.807) is 0 Å². The molecule has 136 valence electrons. The lowest BCUT2D eigenvalue weighted by molar-refractivity contribution is -0.325. The van der Waals surface area contributed by atoms with Gasteiger partial charge in [0.2, 0.25) is 0 Å². The van der Waals surface area contributed by atoms with Gasteiger partial charge in [-0.05, 0) is 0 Å². The molecule has 2 aliphatic heterocycles. The van der Waals surface area contributed by atoms with Crippen molar-refractivity contribution in [3.05, 3.63) is 0 Å². The standard InChI is InChI=1S/C12H22O11/c13-1-3-5(14)8(17)10(19)12(23-3)21-2-4-6(15)7(16)9(18)11(20)22-4/h3-20H,1-2H2/t3-,4-,5-,6+,7+,8+,9-,10-,11?,12-/m1/s1. The van der Waals surface area contributed by atoms with Crippen molar-refractivity contribution in [1.29, 1.82) is 0 Å². The minimum Gasteiger partial charge on any atom is -0.394 e. The van der Waals surface area contributed by atoms with E-state index in [0.717, 1.165) is 0 Å². The topological polar surface area (TPSA) is 190 Å². The van der Waals surface area contributed by atoms with Crippen LogP contribution >= 0.6 is 0 Å². The van der Waals surface area contributed by atoms with E-state index in [-0.39, 0.29) is 0 Å². The summed E-state index contributed by atoms with van der Waals surface area (Å²) in [6.45, 7) is -1.10. The van der Waals surface area contributed by atoms with Gasteiger partial charge in [-0.2, -0.15) is 0 Å². The van der Waals surface area contributed by atoms with Gasteiger partial charge in [-0.1, -0.05) is 0 Å². The Morgan fingerprint density at radius 1 is 0.652 bits per heavy atom. The van der Waals surface area contributed by atoms with E-state index in [1.807, 2.05) is 0 Å². The molecule has 11 nitrogen and oxygen atoms in total. The predicted octanol–water partition coefficient (Wildman–Crippen LogP) is -5.40. The van der Waals surface area contributed by atoms with Gasteiger partial charge >= 0.3 is 0 Å². The highest BCUT2D eigenvalue weighted by Crippen LogP contribution is 2.24. The maximum atomic E-state index is 9.78. The van der Waals surface area contributed by atoms with Crippen LogP contribution < -0.4 is 0 Å². The fraction of sp³-hybridized carbons (Fsp3) is 1.00. The summed E-state index contributed by atoms with van der Waals surface area (Å²) in [6.07, 6.45) is -15.3. The molecule has 2 rings (SSSR count). The van der Waals surface area contributed by atoms with Gasteiger partial charge in [0.25, 0.3) is 0 Å². The van der Waals surface area contributed by atoms with Crippen LogP contribution in [0.5, 0.6) is 0 Å². The highest BCUT2D eigenvalue weighted by Gasteiger charge is 2.46. The van der Waals surface area contributed by atoms with Gasteiger partial charge in [-0.15, -0.1) is 0 Å². The number of aliphatic hydroxyl groups is 8. The summed E-state index contributed by atoms with van der Waals surface area (Å²) >= 11 is 0. The Morgan fingerprint density at radius 2 is 1.22 bits per heavy atom. The summed E-state index contributed by atoms with van der Waals surface area (Å²) in [7, 11) is 0. The zero-order valence-corrected chi connectivity index (χ0v) is 12.0. The van der Waals surface area contributed by atoms with Gasteiger partial charge in [0.05, 0.1) is 13.2 Å². The highest BCUT2D eigenvalue weighted by molar-refractivity contribution is 4.91. The Balaban J connectivity index is 1.94. The van der Waals surface area contributed by atoms with Gasteiger partial charge in [-0.3, -0.25) is 0 Å². The third-order valence-electron chi connectivity index (χ3n) is 3.96. The average molecular weight is 342 g/mol. The van der Waals surface area contributed by atoms with Crippen LogP contribution in [0.3, 0.4) is 0 Å². The average Bonchev–Trinajstić information content (AvgIpc) is 2.54. The summed E-state index contributed by atoms with van der Waals surface area (Å²) < 4.78 is 15.1. The van der Waals surface area contributed by atoms with Crippen molar-refractivity contribution in [3.8, 4) is 0 Å². The zero-order valence-electron chi connectivity index (χ0n) is 12.0. The monoisotopic (exact) mass is 342 g/mol. The highest BCUT2D eigenvalue weighted by atomic mass is 16.7. The van der Waals surface area contributed by atoms with E-state index >= 15 is 0 Å². The van der Waals surface area contributed by atoms with Crippen LogP contribution in [0.15, 0.2) is 0 Å². The lowest BCUT2D eigenvalue weighted by Gasteiger charge is -2.41. The van der Waals surface area contributed by atoms with Crippen LogP contribution in [0.1, 0.15) is 0 Å². The lowest BCUT2D eigenvalue weighted by atomic mass is 9.98. The number of hydrogen-bond acceptors (Lipinski definition) is 11. The Labute approximate surface area is 130 Å². The maximum absolute atomic E-state index is 9.78. The van der Waals surface area contributed by atoms with Crippen molar-refractivity contribution in [1.82, 2.24) is 0 Å². The lowest BCUT2D eigenvalue weighted by Crippen LogP contribution is -2.61. The van der Waals surface area contributed by atoms with Crippen molar-refractivity contribution >= 4 is 0 Å². The molecular weight excluding hydrogens is 320 g/mol. The quantitative estimate of drug-likeness (QED) is 0.243. The molecule has 2 aliphatic rings. The van der Waals surface area contributed by atoms with E-state index in [1.165, 1.54) is 0 Å². The fourth-order valence-corrected chi connectivity index (χ4v) is 2.46. The molecule has 0 aromatic rings. The van der Waals surface area contributed by atoms with Crippen LogP contribution in [0, 0.1) is 0 Å². The molecule has 0 bridgehead atoms. The van der Waals surface area contributed by atoms with E-state index in [4.69, 9.17) is 19.3 Å². The Bertz CT molecular complexity index is 380. The van der Waals surface area contributed by atoms with E-state index in [2.05, 4.69) is 0 Å². The first-order valence-electron chi connectivity index (χ1n) is 7.07. The van der Waals surface area contributed by atoms with Gasteiger partial charge in [0, 0.05) is 0 Å². The Kier molecular flexibility index (Phi) is 6.27. The molecule has 8 N–H and O–H groups in total. The molecule has 2 saturated heterocycles. The second kappa shape index (κ2) is 7.63. The smallest absolute Gasteiger partial charge is 0.186 e. The first-order valence-corrected chi connectivity index (χ1v) is 7.07. The molecule has 0 spiro atoms. The first-order chi connectivity index (χ1) is 10.8. The summed E-state index contributed by atoms with van der Waals surface area (Å²) in [5.41, 5.74) is 0. The first kappa shape index (κ1) is 18.9. The van der Waals surface area contributed by atoms with Gasteiger partial charge in [0.15, 0.2) is 12.6 Å². The number of aliphatic hydroxyl groups excluding tert-OH is 8. The third-order valence-corrected chi connectivity index (χ3v) is 3.96. The minimum atomic E-state index is -1.74. The van der Waals surface area contributed by atoms with Crippen LogP contribution in [0.4, 0.5) is 0 Å². The molecule has 10 atom stereocenters. The van der Waals surface area contributed by atoms with Crippen molar-refractivity contribution < 1.29 is 55.1 Å². The van der Waals surface area contributed by atoms with Crippen molar-refractivity contribution in [2.24, 2.45) is 0 Å². The van der Waals surface area contributed by atoms with Gasteiger partial charge in [0.1, 0.15) is 48.8 Å². The second-order valence-electron chi connectivity index (χ2n) is 5.57. The van der Waals surface area contributed by atoms with Crippen molar-refractivity contribution in [2.75, 3.05) is 13.2 Å². The zero-order chi connectivity index (χ0) is 17.3. The third kappa shape index (κ3) is 3.81. The second-order valence-corrected chi connectivity index (χ2v) is 5.57. The number of ether oxygens (including phenoxy) is 3. The van der Waals surface area contributed by atoms with Gasteiger partial charge in [-0.25, -0.2) is 0 Å². The van der Waals surface area contributed by atoms with E-state index in [0.29, 0.717) is 0 Å². The van der Waals surface area contributed by atoms with E-state index in [9.17, 15) is 35.7 Å². The Hall–Kier alpha value is -0.440. The SMILES string of the molecule is OC[C@H]1O[C@@H](OC[C@H]2OC(O)[C@H](O)[C@@H](O)[C@H]2O)[C@H](O)[C@@H](O)[C@@H]1O. The van der Waals surface area contributed by atoms with Gasteiger partial charge < -0.3 is 55.1 Å². The molecule has 0 amide bonds. The molecule has 0 radical (unpaired) electrons. The summed E-state index contributed by atoms with van der Waals surface area (Å²) in [6, 6.07) is 0. The maximum Gasteiger partial charge on any atom is 0.186 e. The van der Waals surface area contributed by atoms with Crippen molar-refractivity contribution in [3.63, 3.8) is 0 Å². The van der Waals surface area contributed by atoms with Crippen LogP contribution in [-0.2, 0) is 14.2 Å². The van der Waals surface area contributed by atoms with Crippen molar-refractivity contribution in [2.45, 2.75) is 61.4 Å². The number of rotatable bonds is 4. The van der Waals surface area contributed by atoms with Crippen LogP contribution in [0.25, 0.3) is 0 Å². The molecule has 23 heavy (non-hydrogen) atoms. The van der Waals surface area contributed by atoms with E-state index < -0.39 is 74.6 Å². The summed E-state index contributed by atoms with van der Waals surface area (Å²) in [4.78, 5) is 0. The molecular formula is C12H22O11. The van der Waals surface area contributed by atoms with Crippen LogP contribution in [0.2, 0.25) is 0 Å². The molecule has 0 saturated carbocycles.